The predicted octanol–water partition coefficient (Wildman–Crippen LogP) is 0.876. The molecule has 1 unspecified atom stereocenters. The zero-order valence-corrected chi connectivity index (χ0v) is 6.55. The fourth-order valence-electron chi connectivity index (χ4n) is 1.33. The number of nitrogens with one attached hydrogen (secondary N) is 1. The first-order valence-electron chi connectivity index (χ1n) is 3.65. The highest BCUT2D eigenvalue weighted by Crippen LogP contribution is 2.57. The molecular weight excluding hydrogens is 144 g/mol. The standard InChI is InChI=1S/C7H10N2O2/c1-7(2)3-4(7)5-8-6(10)11-9-5/h4H,3H2,1-2H3,(H,8,9,10). The quantitative estimate of drug-likeness (QED) is 0.653. The van der Waals surface area contributed by atoms with Crippen LogP contribution in [0.25, 0.3) is 0 Å². The number of rotatable bonds is 1. The van der Waals surface area contributed by atoms with Crippen LogP contribution in [-0.2, 0) is 0 Å². The van der Waals surface area contributed by atoms with Gasteiger partial charge in [-0.2, -0.15) is 0 Å². The Kier molecular flexibility index (Phi) is 1.06. The Hall–Kier alpha value is -1.06. The third-order valence-electron chi connectivity index (χ3n) is 2.30. The van der Waals surface area contributed by atoms with Crippen molar-refractivity contribution < 1.29 is 4.52 Å². The highest BCUT2D eigenvalue weighted by atomic mass is 16.5. The van der Waals surface area contributed by atoms with Crippen molar-refractivity contribution in [3.8, 4) is 0 Å². The first-order valence-corrected chi connectivity index (χ1v) is 3.65. The van der Waals surface area contributed by atoms with E-state index in [0.717, 1.165) is 6.42 Å². The summed E-state index contributed by atoms with van der Waals surface area (Å²) in [6, 6.07) is 0. The number of H-pyrrole nitrogens is 1. The minimum absolute atomic E-state index is 0.291. The highest BCUT2D eigenvalue weighted by molar-refractivity contribution is 5.13. The van der Waals surface area contributed by atoms with Gasteiger partial charge in [0.15, 0.2) is 5.82 Å². The molecule has 0 radical (unpaired) electrons. The summed E-state index contributed by atoms with van der Waals surface area (Å²) in [5.41, 5.74) is 0.291. The van der Waals surface area contributed by atoms with Crippen LogP contribution < -0.4 is 5.76 Å². The van der Waals surface area contributed by atoms with Gasteiger partial charge in [0, 0.05) is 5.92 Å². The Labute approximate surface area is 63.6 Å². The van der Waals surface area contributed by atoms with Crippen molar-refractivity contribution in [2.75, 3.05) is 0 Å². The van der Waals surface area contributed by atoms with Crippen LogP contribution in [0.5, 0.6) is 0 Å². The van der Waals surface area contributed by atoms with Gasteiger partial charge in [0.1, 0.15) is 0 Å². The van der Waals surface area contributed by atoms with Gasteiger partial charge in [-0.15, -0.1) is 0 Å². The van der Waals surface area contributed by atoms with Crippen LogP contribution in [0.2, 0.25) is 0 Å². The lowest BCUT2D eigenvalue weighted by molar-refractivity contribution is 0.379. The van der Waals surface area contributed by atoms with Crippen molar-refractivity contribution in [2.24, 2.45) is 5.41 Å². The average molecular weight is 154 g/mol. The minimum Gasteiger partial charge on any atom is -0.296 e. The molecule has 1 aliphatic carbocycles. The maximum Gasteiger partial charge on any atom is 0.438 e. The fourth-order valence-corrected chi connectivity index (χ4v) is 1.33. The lowest BCUT2D eigenvalue weighted by Gasteiger charge is -1.95. The van der Waals surface area contributed by atoms with Gasteiger partial charge >= 0.3 is 5.76 Å². The molecular formula is C7H10N2O2. The second-order valence-electron chi connectivity index (χ2n) is 3.73. The van der Waals surface area contributed by atoms with Crippen LogP contribution in [-0.4, -0.2) is 10.1 Å². The Morgan fingerprint density at radius 1 is 1.73 bits per heavy atom. The molecule has 1 saturated carbocycles. The van der Waals surface area contributed by atoms with Gasteiger partial charge in [-0.1, -0.05) is 19.0 Å². The zero-order chi connectivity index (χ0) is 8.06. The van der Waals surface area contributed by atoms with E-state index in [2.05, 4.69) is 28.5 Å². The van der Waals surface area contributed by atoms with Crippen molar-refractivity contribution in [1.29, 1.82) is 0 Å². The molecule has 4 nitrogen and oxygen atoms in total. The first kappa shape index (κ1) is 6.64. The summed E-state index contributed by atoms with van der Waals surface area (Å²) >= 11 is 0. The summed E-state index contributed by atoms with van der Waals surface area (Å²) in [6.07, 6.45) is 1.08. The fraction of sp³-hybridized carbons (Fsp3) is 0.714. The van der Waals surface area contributed by atoms with E-state index in [1.54, 1.807) is 0 Å². The average Bonchev–Trinajstić information content (AvgIpc) is 2.39. The van der Waals surface area contributed by atoms with Gasteiger partial charge in [-0.25, -0.2) is 4.79 Å². The largest absolute Gasteiger partial charge is 0.438 e. The van der Waals surface area contributed by atoms with E-state index in [4.69, 9.17) is 0 Å². The molecule has 1 aromatic rings. The molecule has 2 rings (SSSR count). The van der Waals surface area contributed by atoms with Crippen LogP contribution in [0, 0.1) is 5.41 Å². The number of hydrogen-bond acceptors (Lipinski definition) is 3. The van der Waals surface area contributed by atoms with Gasteiger partial charge < -0.3 is 0 Å². The van der Waals surface area contributed by atoms with Crippen LogP contribution in [0.3, 0.4) is 0 Å². The first-order chi connectivity index (χ1) is 5.09. The van der Waals surface area contributed by atoms with Crippen LogP contribution in [0.1, 0.15) is 32.0 Å². The Morgan fingerprint density at radius 3 is 2.73 bits per heavy atom. The number of nitrogens with zero attached hydrogens (tertiary/aromatic N) is 1. The zero-order valence-electron chi connectivity index (χ0n) is 6.55. The normalized spacial score (nSPS) is 26.9. The molecule has 0 bridgehead atoms. The van der Waals surface area contributed by atoms with Gasteiger partial charge in [0.2, 0.25) is 0 Å². The molecule has 0 saturated heterocycles. The maximum atomic E-state index is 10.5. The van der Waals surface area contributed by atoms with Crippen molar-refractivity contribution in [3.05, 3.63) is 16.4 Å². The lowest BCUT2D eigenvalue weighted by atomic mass is 10.1. The summed E-state index contributed by atoms with van der Waals surface area (Å²) in [6.45, 7) is 4.29. The van der Waals surface area contributed by atoms with Crippen LogP contribution >= 0.6 is 0 Å². The summed E-state index contributed by atoms with van der Waals surface area (Å²) in [7, 11) is 0. The minimum atomic E-state index is -0.456. The van der Waals surface area contributed by atoms with Gasteiger partial charge in [0.05, 0.1) is 0 Å². The monoisotopic (exact) mass is 154 g/mol. The number of aromatic amines is 1. The summed E-state index contributed by atoms with van der Waals surface area (Å²) in [5.74, 6) is 0.622. The molecule has 1 atom stereocenters. The highest BCUT2D eigenvalue weighted by Gasteiger charge is 2.49. The molecule has 1 aromatic heterocycles. The van der Waals surface area contributed by atoms with Gasteiger partial charge in [-0.3, -0.25) is 9.51 Å². The summed E-state index contributed by atoms with van der Waals surface area (Å²) < 4.78 is 4.40. The molecule has 1 aliphatic rings. The second kappa shape index (κ2) is 1.75. The van der Waals surface area contributed by atoms with E-state index in [0.29, 0.717) is 17.2 Å². The van der Waals surface area contributed by atoms with Crippen LogP contribution in [0.15, 0.2) is 9.32 Å². The molecule has 4 heteroatoms. The number of hydrogen-bond donors (Lipinski definition) is 1. The van der Waals surface area contributed by atoms with Crippen molar-refractivity contribution >= 4 is 0 Å². The van der Waals surface area contributed by atoms with E-state index in [9.17, 15) is 4.79 Å². The SMILES string of the molecule is CC1(C)CC1c1noc(=O)[nH]1. The Morgan fingerprint density at radius 2 is 2.36 bits per heavy atom. The molecule has 0 amide bonds. The van der Waals surface area contributed by atoms with E-state index >= 15 is 0 Å². The maximum absolute atomic E-state index is 10.5. The predicted molar refractivity (Wildman–Crippen MR) is 38.3 cm³/mol. The van der Waals surface area contributed by atoms with Gasteiger partial charge in [-0.05, 0) is 11.8 Å². The molecule has 0 spiro atoms. The number of aromatic nitrogens is 2. The third kappa shape index (κ3) is 0.982. The molecule has 0 aliphatic heterocycles. The van der Waals surface area contributed by atoms with E-state index in [-0.39, 0.29) is 0 Å². The van der Waals surface area contributed by atoms with E-state index in [1.807, 2.05) is 0 Å². The van der Waals surface area contributed by atoms with Crippen molar-refractivity contribution in [2.45, 2.75) is 26.2 Å². The molecule has 1 fully saturated rings. The van der Waals surface area contributed by atoms with E-state index in [1.165, 1.54) is 0 Å². The van der Waals surface area contributed by atoms with E-state index < -0.39 is 5.76 Å². The molecule has 1 heterocycles. The van der Waals surface area contributed by atoms with Crippen molar-refractivity contribution in [1.82, 2.24) is 10.1 Å². The smallest absolute Gasteiger partial charge is 0.296 e. The summed E-state index contributed by atoms with van der Waals surface area (Å²) in [5, 5.41) is 3.63. The Balaban J connectivity index is 2.27. The Bertz CT molecular complexity index is 323. The molecule has 60 valence electrons. The van der Waals surface area contributed by atoms with Gasteiger partial charge in [0.25, 0.3) is 0 Å². The topological polar surface area (TPSA) is 58.9 Å². The molecule has 0 aromatic carbocycles. The summed E-state index contributed by atoms with van der Waals surface area (Å²) in [4.78, 5) is 13.1. The van der Waals surface area contributed by atoms with Crippen LogP contribution in [0.4, 0.5) is 0 Å². The second-order valence-corrected chi connectivity index (χ2v) is 3.73. The van der Waals surface area contributed by atoms with Crippen molar-refractivity contribution in [3.63, 3.8) is 0 Å². The molecule has 11 heavy (non-hydrogen) atoms. The third-order valence-corrected chi connectivity index (χ3v) is 2.30. The molecule has 1 N–H and O–H groups in total. The lowest BCUT2D eigenvalue weighted by Crippen LogP contribution is -1.98.